The molecule has 1 heterocycles. The molecule has 0 radical (unpaired) electrons. The van der Waals surface area contributed by atoms with Gasteiger partial charge < -0.3 is 9.47 Å². The van der Waals surface area contributed by atoms with Gasteiger partial charge in [-0.05, 0) is 6.92 Å². The highest BCUT2D eigenvalue weighted by atomic mass is 35.5. The van der Waals surface area contributed by atoms with E-state index in [0.29, 0.717) is 0 Å². The minimum Gasteiger partial charge on any atom is -0.480 e. The van der Waals surface area contributed by atoms with Crippen molar-refractivity contribution in [2.24, 2.45) is 0 Å². The lowest BCUT2D eigenvalue weighted by Gasteiger charge is -2.11. The number of hydrogen-bond donors (Lipinski definition) is 0. The van der Waals surface area contributed by atoms with Gasteiger partial charge in [0.1, 0.15) is 5.02 Å². The Hall–Kier alpha value is -1.43. The summed E-state index contributed by atoms with van der Waals surface area (Å²) in [4.78, 5) is 15.1. The van der Waals surface area contributed by atoms with Gasteiger partial charge in [-0.2, -0.15) is 0 Å². The van der Waals surface area contributed by atoms with Crippen LogP contribution in [0.1, 0.15) is 29.3 Å². The van der Waals surface area contributed by atoms with Crippen LogP contribution in [0.25, 0.3) is 0 Å². The molecule has 0 aliphatic rings. The standard InChI is InChI=1S/C10H10ClF2NO3/c1-3-17-10(15)5-4-14-9(16-2)7(11)6(5)8(12)13/h4,8H,3H2,1-2H3. The van der Waals surface area contributed by atoms with E-state index in [2.05, 4.69) is 9.72 Å². The molecule has 0 aromatic carbocycles. The van der Waals surface area contributed by atoms with Crippen LogP contribution in [-0.4, -0.2) is 24.7 Å². The molecule has 0 spiro atoms. The predicted octanol–water partition coefficient (Wildman–Crippen LogP) is 2.86. The number of pyridine rings is 1. The van der Waals surface area contributed by atoms with Crippen LogP contribution in [0.2, 0.25) is 5.02 Å². The maximum absolute atomic E-state index is 12.8. The lowest BCUT2D eigenvalue weighted by Crippen LogP contribution is -2.10. The van der Waals surface area contributed by atoms with E-state index in [1.165, 1.54) is 7.11 Å². The van der Waals surface area contributed by atoms with Crippen molar-refractivity contribution in [2.75, 3.05) is 13.7 Å². The summed E-state index contributed by atoms with van der Waals surface area (Å²) in [5.74, 6) is -1.05. The zero-order valence-corrected chi connectivity index (χ0v) is 9.92. The number of aromatic nitrogens is 1. The lowest BCUT2D eigenvalue weighted by molar-refractivity contribution is 0.0514. The maximum atomic E-state index is 12.8. The first-order valence-electron chi connectivity index (χ1n) is 4.70. The molecule has 1 rings (SSSR count). The monoisotopic (exact) mass is 265 g/mol. The van der Waals surface area contributed by atoms with Crippen molar-refractivity contribution in [3.63, 3.8) is 0 Å². The Kier molecular flexibility index (Phi) is 4.62. The molecule has 0 amide bonds. The fourth-order valence-electron chi connectivity index (χ4n) is 1.21. The Morgan fingerprint density at radius 3 is 2.71 bits per heavy atom. The van der Waals surface area contributed by atoms with Crippen LogP contribution in [0, 0.1) is 0 Å². The third kappa shape index (κ3) is 2.82. The average Bonchev–Trinajstić information content (AvgIpc) is 2.28. The Morgan fingerprint density at radius 2 is 2.24 bits per heavy atom. The van der Waals surface area contributed by atoms with Crippen molar-refractivity contribution in [3.8, 4) is 5.88 Å². The van der Waals surface area contributed by atoms with Crippen LogP contribution in [0.5, 0.6) is 5.88 Å². The molecule has 0 unspecified atom stereocenters. The van der Waals surface area contributed by atoms with Gasteiger partial charge in [0.15, 0.2) is 0 Å². The number of nitrogens with zero attached hydrogens (tertiary/aromatic N) is 1. The normalized spacial score (nSPS) is 10.5. The first kappa shape index (κ1) is 13.6. The number of rotatable bonds is 4. The average molecular weight is 266 g/mol. The van der Waals surface area contributed by atoms with Crippen LogP contribution < -0.4 is 4.74 Å². The van der Waals surface area contributed by atoms with Crippen molar-refractivity contribution in [1.29, 1.82) is 0 Å². The van der Waals surface area contributed by atoms with Gasteiger partial charge in [0, 0.05) is 6.20 Å². The topological polar surface area (TPSA) is 48.4 Å². The van der Waals surface area contributed by atoms with E-state index in [4.69, 9.17) is 16.3 Å². The molecular formula is C10H10ClF2NO3. The number of carbonyl (C=O) groups excluding carboxylic acids is 1. The van der Waals surface area contributed by atoms with Crippen LogP contribution in [0.15, 0.2) is 6.20 Å². The van der Waals surface area contributed by atoms with E-state index < -0.39 is 18.0 Å². The quantitative estimate of drug-likeness (QED) is 0.786. The molecule has 17 heavy (non-hydrogen) atoms. The third-order valence-electron chi connectivity index (χ3n) is 1.93. The minimum atomic E-state index is -2.92. The van der Waals surface area contributed by atoms with Crippen molar-refractivity contribution in [1.82, 2.24) is 4.98 Å². The first-order valence-corrected chi connectivity index (χ1v) is 5.08. The lowest BCUT2D eigenvalue weighted by atomic mass is 10.1. The van der Waals surface area contributed by atoms with Crippen LogP contribution in [0.4, 0.5) is 8.78 Å². The van der Waals surface area contributed by atoms with E-state index in [0.717, 1.165) is 6.20 Å². The fourth-order valence-corrected chi connectivity index (χ4v) is 1.52. The zero-order chi connectivity index (χ0) is 13.0. The Bertz CT molecular complexity index is 426. The number of methoxy groups -OCH3 is 1. The van der Waals surface area contributed by atoms with E-state index in [1.807, 2.05) is 0 Å². The summed E-state index contributed by atoms with van der Waals surface area (Å²) in [6.45, 7) is 1.64. The molecule has 1 aromatic heterocycles. The summed E-state index contributed by atoms with van der Waals surface area (Å²) in [5, 5.41) is -0.381. The van der Waals surface area contributed by atoms with Gasteiger partial charge in [0.25, 0.3) is 6.43 Å². The van der Waals surface area contributed by atoms with Gasteiger partial charge in [-0.1, -0.05) is 11.6 Å². The van der Waals surface area contributed by atoms with Crippen LogP contribution in [-0.2, 0) is 4.74 Å². The molecule has 94 valence electrons. The Labute approximate surface area is 101 Å². The Balaban J connectivity index is 3.31. The Morgan fingerprint density at radius 1 is 1.59 bits per heavy atom. The van der Waals surface area contributed by atoms with Gasteiger partial charge in [-0.25, -0.2) is 18.6 Å². The second-order valence-electron chi connectivity index (χ2n) is 2.93. The smallest absolute Gasteiger partial charge is 0.340 e. The largest absolute Gasteiger partial charge is 0.480 e. The molecular weight excluding hydrogens is 256 g/mol. The van der Waals surface area contributed by atoms with Crippen molar-refractivity contribution < 1.29 is 23.0 Å². The molecule has 0 saturated carbocycles. The maximum Gasteiger partial charge on any atom is 0.340 e. The number of hydrogen-bond acceptors (Lipinski definition) is 4. The molecule has 0 bridgehead atoms. The van der Waals surface area contributed by atoms with E-state index in [-0.39, 0.29) is 23.1 Å². The highest BCUT2D eigenvalue weighted by molar-refractivity contribution is 6.33. The second-order valence-corrected chi connectivity index (χ2v) is 3.31. The van der Waals surface area contributed by atoms with Crippen molar-refractivity contribution in [2.45, 2.75) is 13.3 Å². The molecule has 0 aliphatic carbocycles. The number of esters is 1. The SMILES string of the molecule is CCOC(=O)c1cnc(OC)c(Cl)c1C(F)F. The van der Waals surface area contributed by atoms with Gasteiger partial charge in [0.2, 0.25) is 5.88 Å². The fraction of sp³-hybridized carbons (Fsp3) is 0.400. The summed E-state index contributed by atoms with van der Waals surface area (Å²) in [6.07, 6.45) is -1.96. The van der Waals surface area contributed by atoms with Crippen molar-refractivity contribution >= 4 is 17.6 Å². The molecule has 0 saturated heterocycles. The van der Waals surface area contributed by atoms with E-state index >= 15 is 0 Å². The third-order valence-corrected chi connectivity index (χ3v) is 2.30. The molecule has 0 atom stereocenters. The molecule has 1 aromatic rings. The molecule has 4 nitrogen and oxygen atoms in total. The van der Waals surface area contributed by atoms with E-state index in [9.17, 15) is 13.6 Å². The van der Waals surface area contributed by atoms with Crippen molar-refractivity contribution in [3.05, 3.63) is 22.3 Å². The van der Waals surface area contributed by atoms with E-state index in [1.54, 1.807) is 6.92 Å². The summed E-state index contributed by atoms with van der Waals surface area (Å²) in [7, 11) is 1.24. The number of carbonyl (C=O) groups is 1. The highest BCUT2D eigenvalue weighted by Gasteiger charge is 2.26. The van der Waals surface area contributed by atoms with Gasteiger partial charge >= 0.3 is 5.97 Å². The van der Waals surface area contributed by atoms with Gasteiger partial charge in [0.05, 0.1) is 24.8 Å². The van der Waals surface area contributed by atoms with Gasteiger partial charge in [-0.3, -0.25) is 0 Å². The molecule has 7 heteroatoms. The highest BCUT2D eigenvalue weighted by Crippen LogP contribution is 2.35. The summed E-state index contributed by atoms with van der Waals surface area (Å²) >= 11 is 5.68. The zero-order valence-electron chi connectivity index (χ0n) is 9.17. The predicted molar refractivity (Wildman–Crippen MR) is 56.7 cm³/mol. The summed E-state index contributed by atoms with van der Waals surface area (Å²) in [6, 6.07) is 0. The summed E-state index contributed by atoms with van der Waals surface area (Å²) in [5.41, 5.74) is -0.982. The summed E-state index contributed by atoms with van der Waals surface area (Å²) < 4.78 is 35.0. The molecule has 0 aliphatic heterocycles. The first-order chi connectivity index (χ1) is 8.02. The van der Waals surface area contributed by atoms with Crippen LogP contribution >= 0.6 is 11.6 Å². The number of ether oxygens (including phenoxy) is 2. The second kappa shape index (κ2) is 5.77. The van der Waals surface area contributed by atoms with Gasteiger partial charge in [-0.15, -0.1) is 0 Å². The molecule has 0 fully saturated rings. The minimum absolute atomic E-state index is 0.0746. The van der Waals surface area contributed by atoms with Crippen LogP contribution in [0.3, 0.4) is 0 Å². The number of alkyl halides is 2. The number of halogens is 3. The molecule has 0 N–H and O–H groups in total.